The van der Waals surface area contributed by atoms with Crippen LogP contribution in [0.5, 0.6) is 11.6 Å². The van der Waals surface area contributed by atoms with Gasteiger partial charge in [-0.3, -0.25) is 0 Å². The molecule has 1 aliphatic carbocycles. The topological polar surface area (TPSA) is 78.2 Å². The van der Waals surface area contributed by atoms with E-state index in [0.717, 1.165) is 53.5 Å². The molecule has 0 spiro atoms. The molecule has 6 rings (SSSR count). The van der Waals surface area contributed by atoms with Crippen molar-refractivity contribution in [1.29, 1.82) is 0 Å². The summed E-state index contributed by atoms with van der Waals surface area (Å²) >= 11 is 8.47. The maximum absolute atomic E-state index is 6.82. The zero-order valence-corrected chi connectivity index (χ0v) is 21.6. The van der Waals surface area contributed by atoms with Gasteiger partial charge in [0.15, 0.2) is 11.2 Å². The Morgan fingerprint density at radius 3 is 2.77 bits per heavy atom. The molecule has 1 atom stereocenters. The minimum Gasteiger partial charge on any atom is -0.489 e. The third kappa shape index (κ3) is 4.60. The van der Waals surface area contributed by atoms with Crippen molar-refractivity contribution in [2.45, 2.75) is 51.4 Å². The fourth-order valence-electron chi connectivity index (χ4n) is 4.40. The van der Waals surface area contributed by atoms with Gasteiger partial charge >= 0.3 is 0 Å². The van der Waals surface area contributed by atoms with Gasteiger partial charge in [-0.1, -0.05) is 11.6 Å². The highest BCUT2D eigenvalue weighted by molar-refractivity contribution is 7.11. The lowest BCUT2D eigenvalue weighted by atomic mass is 10.2. The van der Waals surface area contributed by atoms with Crippen molar-refractivity contribution in [1.82, 2.24) is 29.4 Å². The molecule has 4 aromatic rings. The van der Waals surface area contributed by atoms with E-state index < -0.39 is 0 Å². The first-order valence-corrected chi connectivity index (χ1v) is 13.0. The highest BCUT2D eigenvalue weighted by Crippen LogP contribution is 2.41. The highest BCUT2D eigenvalue weighted by atomic mass is 35.5. The van der Waals surface area contributed by atoms with E-state index in [4.69, 9.17) is 26.1 Å². The molecular weight excluding hydrogens is 484 g/mol. The Balaban J connectivity index is 1.41. The van der Waals surface area contributed by atoms with E-state index in [2.05, 4.69) is 40.7 Å². The Bertz CT molecular complexity index is 1400. The number of ether oxygens (including phenoxy) is 2. The van der Waals surface area contributed by atoms with E-state index >= 15 is 0 Å². The first-order chi connectivity index (χ1) is 16.9. The zero-order chi connectivity index (χ0) is 24.2. The summed E-state index contributed by atoms with van der Waals surface area (Å²) in [5.74, 6) is 1.98. The molecule has 0 N–H and O–H groups in total. The van der Waals surface area contributed by atoms with Gasteiger partial charge in [0.1, 0.15) is 34.6 Å². The highest BCUT2D eigenvalue weighted by Gasteiger charge is 2.41. The zero-order valence-electron chi connectivity index (χ0n) is 20.0. The number of likely N-dealkylation sites (tertiary alicyclic amines) is 1. The summed E-state index contributed by atoms with van der Waals surface area (Å²) in [4.78, 5) is 21.9. The molecule has 35 heavy (non-hydrogen) atoms. The molecule has 0 unspecified atom stereocenters. The van der Waals surface area contributed by atoms with Crippen LogP contribution >= 0.6 is 22.9 Å². The van der Waals surface area contributed by atoms with Gasteiger partial charge in [-0.25, -0.2) is 15.0 Å². The Morgan fingerprint density at radius 2 is 2.09 bits per heavy atom. The quantitative estimate of drug-likeness (QED) is 0.347. The summed E-state index contributed by atoms with van der Waals surface area (Å²) in [7, 11) is 2.11. The van der Waals surface area contributed by atoms with Crippen molar-refractivity contribution >= 4 is 34.1 Å². The van der Waals surface area contributed by atoms with E-state index in [0.29, 0.717) is 34.4 Å². The molecule has 1 saturated heterocycles. The lowest BCUT2D eigenvalue weighted by Gasteiger charge is -2.15. The number of aromatic nitrogens is 5. The van der Waals surface area contributed by atoms with Crippen molar-refractivity contribution in [2.75, 3.05) is 20.1 Å². The van der Waals surface area contributed by atoms with Crippen LogP contribution in [-0.4, -0.2) is 61.2 Å². The van der Waals surface area contributed by atoms with Crippen molar-refractivity contribution in [3.8, 4) is 23.0 Å². The van der Waals surface area contributed by atoms with Crippen LogP contribution in [0.25, 0.3) is 22.6 Å². The summed E-state index contributed by atoms with van der Waals surface area (Å²) in [6.07, 6.45) is 6.63. The second-order valence-electron chi connectivity index (χ2n) is 9.72. The fraction of sp³-hybridized carbons (Fsp3) is 0.440. The molecular formula is C25H27ClN6O2S. The summed E-state index contributed by atoms with van der Waals surface area (Å²) in [5, 5.41) is 1.55. The molecule has 1 aromatic carbocycles. The predicted molar refractivity (Wildman–Crippen MR) is 137 cm³/mol. The van der Waals surface area contributed by atoms with Crippen molar-refractivity contribution in [3.05, 3.63) is 45.6 Å². The Hall–Kier alpha value is -2.75. The van der Waals surface area contributed by atoms with Gasteiger partial charge in [-0.2, -0.15) is 4.98 Å². The summed E-state index contributed by atoms with van der Waals surface area (Å²) < 4.78 is 14.4. The van der Waals surface area contributed by atoms with E-state index in [1.54, 1.807) is 11.3 Å². The Morgan fingerprint density at radius 1 is 1.23 bits per heavy atom. The molecule has 10 heteroatoms. The number of nitrogens with zero attached hydrogens (tertiary/aromatic N) is 6. The predicted octanol–water partition coefficient (Wildman–Crippen LogP) is 4.97. The second-order valence-corrected chi connectivity index (χ2v) is 11.4. The molecule has 3 aromatic heterocycles. The number of fused-ring (bicyclic) bond motifs is 1. The first-order valence-electron chi connectivity index (χ1n) is 11.8. The Kier molecular flexibility index (Phi) is 5.66. The molecule has 8 nitrogen and oxygen atoms in total. The van der Waals surface area contributed by atoms with Gasteiger partial charge in [-0.15, -0.1) is 11.3 Å². The molecule has 2 aliphatic rings. The monoisotopic (exact) mass is 510 g/mol. The van der Waals surface area contributed by atoms with Gasteiger partial charge in [-0.05, 0) is 58.4 Å². The second kappa shape index (κ2) is 8.72. The molecule has 0 amide bonds. The number of likely N-dealkylation sites (N-methyl/N-ethyl adjacent to an activating group) is 1. The molecule has 182 valence electrons. The minimum absolute atomic E-state index is 0.178. The molecule has 0 radical (unpaired) electrons. The van der Waals surface area contributed by atoms with Gasteiger partial charge in [0.05, 0.1) is 11.6 Å². The molecule has 1 aliphatic heterocycles. The number of hydrogen-bond acceptors (Lipinski definition) is 8. The number of rotatable bonds is 7. The van der Waals surface area contributed by atoms with Crippen molar-refractivity contribution in [3.63, 3.8) is 0 Å². The van der Waals surface area contributed by atoms with Crippen LogP contribution < -0.4 is 9.47 Å². The SMILES string of the molecule is Cc1cnc(Cn2c(-c3ccc(O[C@H]4CCN(C)C4)cc3Cl)nc3c(OC4(C)CC4)ncnc32)s1. The lowest BCUT2D eigenvalue weighted by molar-refractivity contribution is 0.194. The average molecular weight is 511 g/mol. The first kappa shape index (κ1) is 22.7. The van der Waals surface area contributed by atoms with Gasteiger partial charge < -0.3 is 18.9 Å². The number of aryl methyl sites for hydroxylation is 1. The molecule has 2 fully saturated rings. The number of halogens is 1. The number of hydrogen-bond donors (Lipinski definition) is 0. The fourth-order valence-corrected chi connectivity index (χ4v) is 5.43. The van der Waals surface area contributed by atoms with Gasteiger partial charge in [0.2, 0.25) is 5.88 Å². The number of thiazole rings is 1. The molecule has 0 bridgehead atoms. The molecule has 1 saturated carbocycles. The number of benzene rings is 1. The van der Waals surface area contributed by atoms with Crippen LogP contribution in [0.4, 0.5) is 0 Å². The average Bonchev–Trinajstić information content (AvgIpc) is 3.13. The third-order valence-electron chi connectivity index (χ3n) is 6.59. The van der Waals surface area contributed by atoms with Crippen LogP contribution in [0.3, 0.4) is 0 Å². The van der Waals surface area contributed by atoms with Gasteiger partial charge in [0.25, 0.3) is 0 Å². The van der Waals surface area contributed by atoms with Gasteiger partial charge in [0, 0.05) is 29.7 Å². The molecule has 4 heterocycles. The lowest BCUT2D eigenvalue weighted by Crippen LogP contribution is -2.21. The number of imidazole rings is 1. The third-order valence-corrected chi connectivity index (χ3v) is 7.80. The van der Waals surface area contributed by atoms with E-state index in [9.17, 15) is 0 Å². The van der Waals surface area contributed by atoms with Crippen LogP contribution in [0, 0.1) is 6.92 Å². The van der Waals surface area contributed by atoms with Crippen LogP contribution in [0.1, 0.15) is 36.1 Å². The van der Waals surface area contributed by atoms with Crippen molar-refractivity contribution in [2.24, 2.45) is 0 Å². The van der Waals surface area contributed by atoms with Crippen LogP contribution in [0.2, 0.25) is 5.02 Å². The maximum Gasteiger partial charge on any atom is 0.245 e. The van der Waals surface area contributed by atoms with Crippen LogP contribution in [-0.2, 0) is 6.54 Å². The van der Waals surface area contributed by atoms with E-state index in [1.807, 2.05) is 29.0 Å². The summed E-state index contributed by atoms with van der Waals surface area (Å²) in [5.41, 5.74) is 1.96. The minimum atomic E-state index is -0.178. The summed E-state index contributed by atoms with van der Waals surface area (Å²) in [6, 6.07) is 5.81. The normalized spacial score (nSPS) is 19.4. The van der Waals surface area contributed by atoms with Crippen molar-refractivity contribution < 1.29 is 9.47 Å². The van der Waals surface area contributed by atoms with E-state index in [-0.39, 0.29) is 11.7 Å². The maximum atomic E-state index is 6.82. The van der Waals surface area contributed by atoms with Crippen LogP contribution in [0.15, 0.2) is 30.7 Å². The standard InChI is InChI=1S/C25H27ClN6O2S/c1-15-11-27-20(35-15)13-32-22(30-21-23(32)28-14-29-24(21)34-25(2)7-8-25)18-5-4-16(10-19(18)26)33-17-6-9-31(3)12-17/h4-5,10-11,14,17H,6-9,12-13H2,1-3H3/t17-/m0/s1. The summed E-state index contributed by atoms with van der Waals surface area (Å²) in [6.45, 7) is 6.64. The largest absolute Gasteiger partial charge is 0.489 e. The smallest absolute Gasteiger partial charge is 0.245 e. The van der Waals surface area contributed by atoms with E-state index in [1.165, 1.54) is 6.33 Å². The Labute approximate surface area is 212 Å².